The van der Waals surface area contributed by atoms with Crippen LogP contribution < -0.4 is 4.90 Å². The molecule has 3 heteroatoms. The normalized spacial score (nSPS) is 20.8. The minimum Gasteiger partial charge on any atom is -0.393 e. The van der Waals surface area contributed by atoms with E-state index in [0.29, 0.717) is 12.0 Å². The molecule has 17 heavy (non-hydrogen) atoms. The maximum atomic E-state index is 9.62. The predicted molar refractivity (Wildman–Crippen MR) is 75.7 cm³/mol. The molecule has 2 rings (SSSR count). The van der Waals surface area contributed by atoms with E-state index in [4.69, 9.17) is 0 Å². The fraction of sp³-hybridized carbons (Fsp3) is 0.571. The zero-order valence-corrected chi connectivity index (χ0v) is 12.2. The Labute approximate surface area is 112 Å². The molecule has 1 N–H and O–H groups in total. The Balaban J connectivity index is 2.38. The molecule has 0 saturated carbocycles. The Kier molecular flexibility index (Phi) is 3.79. The van der Waals surface area contributed by atoms with Crippen LogP contribution in [0.25, 0.3) is 0 Å². The maximum absolute atomic E-state index is 9.62. The second kappa shape index (κ2) is 4.99. The van der Waals surface area contributed by atoms with Crippen LogP contribution in [0.1, 0.15) is 38.7 Å². The number of anilines is 1. The first kappa shape index (κ1) is 12.9. The maximum Gasteiger partial charge on any atom is 0.0518 e. The molecule has 1 heterocycles. The van der Waals surface area contributed by atoms with Crippen molar-refractivity contribution in [1.82, 2.24) is 0 Å². The lowest BCUT2D eigenvalue weighted by molar-refractivity contribution is 0.176. The van der Waals surface area contributed by atoms with Gasteiger partial charge in [0.05, 0.1) is 6.10 Å². The fourth-order valence-corrected chi connectivity index (χ4v) is 3.38. The standard InChI is InChI=1S/C14H20BrNO/c1-9(2)16-8-11(7-10(3)17)14-12(15)5-4-6-13(14)16/h4-6,9-11,17H,7-8H2,1-3H3. The molecule has 2 nitrogen and oxygen atoms in total. The molecule has 0 bridgehead atoms. The molecule has 0 aromatic heterocycles. The van der Waals surface area contributed by atoms with Gasteiger partial charge in [-0.2, -0.15) is 0 Å². The van der Waals surface area contributed by atoms with Gasteiger partial charge >= 0.3 is 0 Å². The molecule has 0 spiro atoms. The lowest BCUT2D eigenvalue weighted by Gasteiger charge is -2.24. The molecule has 2 unspecified atom stereocenters. The second-order valence-electron chi connectivity index (χ2n) is 5.20. The average molecular weight is 298 g/mol. The van der Waals surface area contributed by atoms with Gasteiger partial charge in [-0.15, -0.1) is 0 Å². The molecular weight excluding hydrogens is 278 g/mol. The van der Waals surface area contributed by atoms with Gasteiger partial charge in [-0.1, -0.05) is 22.0 Å². The van der Waals surface area contributed by atoms with Gasteiger partial charge in [-0.3, -0.25) is 0 Å². The van der Waals surface area contributed by atoms with E-state index in [9.17, 15) is 5.11 Å². The number of nitrogens with zero attached hydrogens (tertiary/aromatic N) is 1. The van der Waals surface area contributed by atoms with Crippen LogP contribution in [0.3, 0.4) is 0 Å². The molecule has 1 aromatic rings. The van der Waals surface area contributed by atoms with Gasteiger partial charge in [-0.05, 0) is 44.9 Å². The van der Waals surface area contributed by atoms with Crippen molar-refractivity contribution in [3.63, 3.8) is 0 Å². The average Bonchev–Trinajstić information content (AvgIpc) is 2.57. The quantitative estimate of drug-likeness (QED) is 0.922. The highest BCUT2D eigenvalue weighted by Crippen LogP contribution is 2.43. The molecule has 1 aliphatic heterocycles. The van der Waals surface area contributed by atoms with Gasteiger partial charge < -0.3 is 10.0 Å². The largest absolute Gasteiger partial charge is 0.393 e. The van der Waals surface area contributed by atoms with Crippen LogP contribution in [0.15, 0.2) is 22.7 Å². The Morgan fingerprint density at radius 1 is 1.41 bits per heavy atom. The third-order valence-corrected chi connectivity index (χ3v) is 4.11. The summed E-state index contributed by atoms with van der Waals surface area (Å²) in [5.74, 6) is 0.433. The van der Waals surface area contributed by atoms with Gasteiger partial charge in [0.2, 0.25) is 0 Å². The molecule has 1 aromatic carbocycles. The zero-order chi connectivity index (χ0) is 12.6. The fourth-order valence-electron chi connectivity index (χ4n) is 2.70. The van der Waals surface area contributed by atoms with Gasteiger partial charge in [0.15, 0.2) is 0 Å². The minimum atomic E-state index is -0.243. The van der Waals surface area contributed by atoms with Crippen LogP contribution >= 0.6 is 15.9 Å². The van der Waals surface area contributed by atoms with Gasteiger partial charge in [0, 0.05) is 28.7 Å². The topological polar surface area (TPSA) is 23.5 Å². The molecule has 0 amide bonds. The van der Waals surface area contributed by atoms with Gasteiger partial charge in [-0.25, -0.2) is 0 Å². The van der Waals surface area contributed by atoms with E-state index in [1.165, 1.54) is 15.7 Å². The van der Waals surface area contributed by atoms with E-state index in [1.54, 1.807) is 0 Å². The third kappa shape index (κ3) is 2.50. The van der Waals surface area contributed by atoms with Crippen molar-refractivity contribution in [2.24, 2.45) is 0 Å². The van der Waals surface area contributed by atoms with Crippen molar-refractivity contribution in [3.8, 4) is 0 Å². The molecule has 0 saturated heterocycles. The first-order valence-electron chi connectivity index (χ1n) is 6.23. The monoisotopic (exact) mass is 297 g/mol. The minimum absolute atomic E-state index is 0.243. The highest BCUT2D eigenvalue weighted by molar-refractivity contribution is 9.10. The SMILES string of the molecule is CC(O)CC1CN(C(C)C)c2cccc(Br)c21. The Morgan fingerprint density at radius 2 is 2.12 bits per heavy atom. The van der Waals surface area contributed by atoms with E-state index in [1.807, 2.05) is 6.92 Å². The Hall–Kier alpha value is -0.540. The summed E-state index contributed by atoms with van der Waals surface area (Å²) < 4.78 is 1.17. The number of benzene rings is 1. The highest BCUT2D eigenvalue weighted by atomic mass is 79.9. The van der Waals surface area contributed by atoms with E-state index in [2.05, 4.69) is 52.9 Å². The Bertz CT molecular complexity index is 403. The van der Waals surface area contributed by atoms with Crippen molar-refractivity contribution in [1.29, 1.82) is 0 Å². The summed E-state index contributed by atoms with van der Waals surface area (Å²) >= 11 is 3.65. The molecule has 94 valence electrons. The first-order valence-corrected chi connectivity index (χ1v) is 7.03. The number of aliphatic hydroxyl groups is 1. The summed E-state index contributed by atoms with van der Waals surface area (Å²) in [7, 11) is 0. The van der Waals surface area contributed by atoms with Crippen molar-refractivity contribution >= 4 is 21.6 Å². The summed E-state index contributed by atoms with van der Waals surface area (Å²) in [5, 5.41) is 9.62. The summed E-state index contributed by atoms with van der Waals surface area (Å²) in [6, 6.07) is 6.87. The summed E-state index contributed by atoms with van der Waals surface area (Å²) in [4.78, 5) is 2.42. The molecular formula is C14H20BrNO. The smallest absolute Gasteiger partial charge is 0.0518 e. The highest BCUT2D eigenvalue weighted by Gasteiger charge is 2.32. The van der Waals surface area contributed by atoms with Crippen LogP contribution in [0, 0.1) is 0 Å². The molecule has 0 radical (unpaired) electrons. The van der Waals surface area contributed by atoms with Gasteiger partial charge in [0.1, 0.15) is 0 Å². The Morgan fingerprint density at radius 3 is 2.71 bits per heavy atom. The van der Waals surface area contributed by atoms with Crippen LogP contribution in [0.5, 0.6) is 0 Å². The zero-order valence-electron chi connectivity index (χ0n) is 10.7. The first-order chi connectivity index (χ1) is 8.00. The number of rotatable bonds is 3. The third-order valence-electron chi connectivity index (χ3n) is 3.41. The van der Waals surface area contributed by atoms with E-state index < -0.39 is 0 Å². The van der Waals surface area contributed by atoms with Crippen LogP contribution in [-0.2, 0) is 0 Å². The summed E-state index contributed by atoms with van der Waals surface area (Å²) in [6.07, 6.45) is 0.589. The van der Waals surface area contributed by atoms with E-state index in [-0.39, 0.29) is 6.10 Å². The summed E-state index contributed by atoms with van der Waals surface area (Å²) in [5.41, 5.74) is 2.68. The number of hydrogen-bond acceptors (Lipinski definition) is 2. The van der Waals surface area contributed by atoms with E-state index >= 15 is 0 Å². The number of hydrogen-bond donors (Lipinski definition) is 1. The number of fused-ring (bicyclic) bond motifs is 1. The number of halogens is 1. The van der Waals surface area contributed by atoms with Gasteiger partial charge in [0.25, 0.3) is 0 Å². The lowest BCUT2D eigenvalue weighted by atomic mass is 9.96. The van der Waals surface area contributed by atoms with Crippen molar-refractivity contribution < 1.29 is 5.11 Å². The second-order valence-corrected chi connectivity index (χ2v) is 6.05. The van der Waals surface area contributed by atoms with Crippen molar-refractivity contribution in [2.75, 3.05) is 11.4 Å². The molecule has 2 atom stereocenters. The van der Waals surface area contributed by atoms with Crippen LogP contribution in [0.2, 0.25) is 0 Å². The van der Waals surface area contributed by atoms with Crippen LogP contribution in [0.4, 0.5) is 5.69 Å². The molecule has 1 aliphatic rings. The van der Waals surface area contributed by atoms with Crippen molar-refractivity contribution in [3.05, 3.63) is 28.2 Å². The predicted octanol–water partition coefficient (Wildman–Crippen LogP) is 3.53. The number of aliphatic hydroxyl groups excluding tert-OH is 1. The molecule has 0 aliphatic carbocycles. The van der Waals surface area contributed by atoms with Crippen LogP contribution in [-0.4, -0.2) is 23.8 Å². The van der Waals surface area contributed by atoms with E-state index in [0.717, 1.165) is 13.0 Å². The molecule has 0 fully saturated rings. The van der Waals surface area contributed by atoms with Crippen molar-refractivity contribution in [2.45, 2.75) is 45.3 Å². The lowest BCUT2D eigenvalue weighted by Crippen LogP contribution is -2.29. The summed E-state index contributed by atoms with van der Waals surface area (Å²) in [6.45, 7) is 7.32.